The Kier molecular flexibility index (Phi) is 11.7. The second kappa shape index (κ2) is 16.8. The number of pyridine rings is 2. The molecule has 279 valence electrons. The predicted octanol–water partition coefficient (Wildman–Crippen LogP) is 13.4. The Balaban J connectivity index is 0.000000188. The van der Waals surface area contributed by atoms with E-state index < -0.39 is 14.0 Å². The van der Waals surface area contributed by atoms with E-state index in [0.29, 0.717) is 5.92 Å². The maximum atomic E-state index is 8.61. The summed E-state index contributed by atoms with van der Waals surface area (Å²) < 4.78 is 15.0. The van der Waals surface area contributed by atoms with E-state index in [9.17, 15) is 0 Å². The van der Waals surface area contributed by atoms with Crippen molar-refractivity contribution < 1.29 is 25.9 Å². The number of aromatic nitrogens is 2. The molecule has 0 N–H and O–H groups in total. The second-order valence-corrected chi connectivity index (χ2v) is 20.6. The molecule has 3 aromatic heterocycles. The van der Waals surface area contributed by atoms with Gasteiger partial charge in [0, 0.05) is 39.3 Å². The fraction of sp³-hybridized carbons (Fsp3) is 0.200. The second-order valence-electron chi connectivity index (χ2n) is 15.6. The Hall–Kier alpha value is -4.93. The number of aryl methyl sites for hydroxylation is 1. The van der Waals surface area contributed by atoms with E-state index in [-0.39, 0.29) is 20.1 Å². The van der Waals surface area contributed by atoms with Gasteiger partial charge in [-0.15, -0.1) is 53.6 Å². The minimum absolute atomic E-state index is 0. The van der Waals surface area contributed by atoms with Crippen molar-refractivity contribution in [3.8, 4) is 44.8 Å². The number of furan rings is 1. The van der Waals surface area contributed by atoms with Crippen molar-refractivity contribution >= 4 is 35.2 Å². The number of hydrogen-bond acceptors (Lipinski definition) is 3. The van der Waals surface area contributed by atoms with Gasteiger partial charge in [0.05, 0.1) is 13.7 Å². The van der Waals surface area contributed by atoms with E-state index >= 15 is 0 Å². The van der Waals surface area contributed by atoms with Crippen LogP contribution in [0.25, 0.3) is 66.7 Å². The van der Waals surface area contributed by atoms with Gasteiger partial charge >= 0.3 is 0 Å². The van der Waals surface area contributed by atoms with Crippen LogP contribution in [0.5, 0.6) is 0 Å². The van der Waals surface area contributed by atoms with Gasteiger partial charge in [0.1, 0.15) is 5.58 Å². The average Bonchev–Trinajstić information content (AvgIpc) is 3.56. The maximum absolute atomic E-state index is 8.61. The summed E-state index contributed by atoms with van der Waals surface area (Å²) in [6.45, 7) is 17.4. The van der Waals surface area contributed by atoms with Crippen molar-refractivity contribution in [2.45, 2.75) is 66.1 Å². The van der Waals surface area contributed by atoms with Crippen LogP contribution in [0.1, 0.15) is 57.6 Å². The number of nitrogens with zero attached hydrogens (tertiary/aromatic N) is 2. The smallest absolute Gasteiger partial charge is 0.121 e. The molecule has 5 aromatic carbocycles. The summed E-state index contributed by atoms with van der Waals surface area (Å²) in [4.78, 5) is 9.43. The van der Waals surface area contributed by atoms with Gasteiger partial charge in [-0.1, -0.05) is 149 Å². The molecule has 0 aliphatic heterocycles. The molecule has 0 spiro atoms. The van der Waals surface area contributed by atoms with E-state index in [1.165, 1.54) is 27.4 Å². The molecule has 0 saturated carbocycles. The first-order valence-electron chi connectivity index (χ1n) is 19.3. The van der Waals surface area contributed by atoms with Crippen molar-refractivity contribution in [3.63, 3.8) is 0 Å². The van der Waals surface area contributed by atoms with Crippen LogP contribution in [0.4, 0.5) is 0 Å². The third-order valence-corrected chi connectivity index (χ3v) is 12.0. The molecule has 0 unspecified atom stereocenters. The molecule has 3 nitrogen and oxygen atoms in total. The van der Waals surface area contributed by atoms with E-state index in [0.717, 1.165) is 61.1 Å². The third kappa shape index (κ3) is 8.65. The summed E-state index contributed by atoms with van der Waals surface area (Å²) >= 11 is 0. The van der Waals surface area contributed by atoms with Crippen molar-refractivity contribution in [1.82, 2.24) is 9.97 Å². The molecule has 0 atom stereocenters. The fourth-order valence-electron chi connectivity index (χ4n) is 7.08. The zero-order chi connectivity index (χ0) is 38.9. The molecule has 8 rings (SSSR count). The Morgan fingerprint density at radius 3 is 1.89 bits per heavy atom. The van der Waals surface area contributed by atoms with Crippen LogP contribution >= 0.6 is 0 Å². The summed E-state index contributed by atoms with van der Waals surface area (Å²) in [6, 6.07) is 48.3. The quantitative estimate of drug-likeness (QED) is 0.118. The molecule has 0 aliphatic carbocycles. The van der Waals surface area contributed by atoms with Crippen LogP contribution in [0.15, 0.2) is 138 Å². The van der Waals surface area contributed by atoms with Crippen molar-refractivity contribution in [1.29, 1.82) is 0 Å². The average molecular weight is 914 g/mol. The molecule has 0 saturated heterocycles. The molecule has 0 fully saturated rings. The molecule has 3 heterocycles. The minimum atomic E-state index is -1.57. The van der Waals surface area contributed by atoms with Crippen LogP contribution in [0.3, 0.4) is 0 Å². The first-order chi connectivity index (χ1) is 26.3. The molecule has 0 aliphatic rings. The van der Waals surface area contributed by atoms with E-state index in [4.69, 9.17) is 10.8 Å². The Labute approximate surface area is 342 Å². The maximum Gasteiger partial charge on any atom is 0.121 e. The van der Waals surface area contributed by atoms with Gasteiger partial charge in [0.15, 0.2) is 0 Å². The van der Waals surface area contributed by atoms with E-state index in [2.05, 4.69) is 142 Å². The molecule has 0 bridgehead atoms. The number of hydrogen-bond donors (Lipinski definition) is 0. The molecular formula is C50H48IrN2OSi-2. The predicted molar refractivity (Wildman–Crippen MR) is 231 cm³/mol. The van der Waals surface area contributed by atoms with Gasteiger partial charge < -0.3 is 14.4 Å². The van der Waals surface area contributed by atoms with Crippen LogP contribution in [0.2, 0.25) is 19.6 Å². The minimum Gasteiger partial charge on any atom is -0.501 e. The zero-order valence-electron chi connectivity index (χ0n) is 33.9. The molecule has 1 radical (unpaired) electrons. The summed E-state index contributed by atoms with van der Waals surface area (Å²) in [6.07, 6.45) is 3.95. The Morgan fingerprint density at radius 2 is 1.25 bits per heavy atom. The molecule has 55 heavy (non-hydrogen) atoms. The van der Waals surface area contributed by atoms with Crippen molar-refractivity contribution in [3.05, 3.63) is 163 Å². The molecule has 8 aromatic rings. The van der Waals surface area contributed by atoms with Crippen LogP contribution in [-0.4, -0.2) is 18.0 Å². The van der Waals surface area contributed by atoms with Crippen molar-refractivity contribution in [2.24, 2.45) is 0 Å². The van der Waals surface area contributed by atoms with Gasteiger partial charge in [0.25, 0.3) is 0 Å². The first kappa shape index (κ1) is 38.3. The van der Waals surface area contributed by atoms with Crippen LogP contribution < -0.4 is 5.19 Å². The zero-order valence-corrected chi connectivity index (χ0v) is 36.3. The van der Waals surface area contributed by atoms with Gasteiger partial charge in [-0.2, -0.15) is 0 Å². The first-order valence-corrected chi connectivity index (χ1v) is 22.3. The van der Waals surface area contributed by atoms with Crippen molar-refractivity contribution in [2.75, 3.05) is 0 Å². The van der Waals surface area contributed by atoms with E-state index in [1.54, 1.807) is 0 Å². The monoisotopic (exact) mass is 914 g/mol. The summed E-state index contributed by atoms with van der Waals surface area (Å²) in [5.41, 5.74) is 13.7. The van der Waals surface area contributed by atoms with Gasteiger partial charge in [-0.05, 0) is 69.2 Å². The SMILES string of the molecule is Cc1cnc(-c2[c-]ccc3c2oc2cc(-c4ccccc4)ccc23)cc1C(C)C.[2H]C(C)(C)c1cc(-c2[c-]ccc(-c3ccccc3)c2)ncc1[Si](C)(C)C.[Ir]. The topological polar surface area (TPSA) is 38.9 Å². The summed E-state index contributed by atoms with van der Waals surface area (Å²) in [5, 5.41) is 3.48. The standard InChI is InChI=1S/C27H22NO.C23H26NSi.Ir/c1-17(2)24-15-25(28-16-18(24)3)23-11-7-10-22-21-13-12-20(14-26(21)29-27(22)23)19-8-5-4-6-9-19;1-17(2)21-15-22(24-16-23(21)25(3,4)5)20-13-9-12-19(14-20)18-10-7-6-8-11-18;/h4-10,12-17H,1-3H3;6-12,14-17H,1-5H3;/q2*-1;/i;17D;. The Morgan fingerprint density at radius 1 is 0.636 bits per heavy atom. The van der Waals surface area contributed by atoms with E-state index in [1.807, 2.05) is 62.6 Å². The molecular weight excluding hydrogens is 865 g/mol. The molecule has 5 heteroatoms. The largest absolute Gasteiger partial charge is 0.501 e. The Bertz CT molecular complexity index is 2600. The van der Waals surface area contributed by atoms with Crippen LogP contribution in [-0.2, 0) is 20.1 Å². The summed E-state index contributed by atoms with van der Waals surface area (Å²) in [5.74, 6) is -0.204. The van der Waals surface area contributed by atoms with Gasteiger partial charge in [-0.25, -0.2) is 0 Å². The summed E-state index contributed by atoms with van der Waals surface area (Å²) in [7, 11) is -1.57. The van der Waals surface area contributed by atoms with Gasteiger partial charge in [-0.3, -0.25) is 0 Å². The third-order valence-electron chi connectivity index (χ3n) is 10.00. The number of benzene rings is 5. The van der Waals surface area contributed by atoms with Gasteiger partial charge in [0.2, 0.25) is 0 Å². The normalized spacial score (nSPS) is 11.9. The number of rotatable bonds is 7. The fourth-order valence-corrected chi connectivity index (χ4v) is 8.66. The van der Waals surface area contributed by atoms with Crippen LogP contribution in [0, 0.1) is 19.1 Å². The molecule has 0 amide bonds. The number of fused-ring (bicyclic) bond motifs is 3.